The Balaban J connectivity index is 2.19. The van der Waals surface area contributed by atoms with Crippen molar-refractivity contribution in [2.24, 2.45) is 0 Å². The number of thiazole rings is 1. The first-order chi connectivity index (χ1) is 7.83. The topological polar surface area (TPSA) is 12.9 Å². The molecule has 0 aliphatic carbocycles. The second kappa shape index (κ2) is 3.72. The maximum Gasteiger partial charge on any atom is 0.124 e. The highest BCUT2D eigenvalue weighted by molar-refractivity contribution is 7.21. The van der Waals surface area contributed by atoms with Gasteiger partial charge in [-0.05, 0) is 24.6 Å². The third-order valence-corrected chi connectivity index (χ3v) is 3.56. The fourth-order valence-corrected chi connectivity index (χ4v) is 2.63. The molecule has 0 fully saturated rings. The molecule has 77 valence electrons. The monoisotopic (exact) mass is 224 g/mol. The van der Waals surface area contributed by atoms with Crippen molar-refractivity contribution in [3.8, 4) is 10.6 Å². The van der Waals surface area contributed by atoms with Gasteiger partial charge < -0.3 is 0 Å². The number of hydrogen-bond donors (Lipinski definition) is 0. The molecule has 0 saturated heterocycles. The van der Waals surface area contributed by atoms with Crippen molar-refractivity contribution in [3.63, 3.8) is 0 Å². The Morgan fingerprint density at radius 3 is 2.62 bits per heavy atom. The molecule has 0 unspecified atom stereocenters. The molecule has 16 heavy (non-hydrogen) atoms. The molecule has 3 rings (SSSR count). The average molecular weight is 224 g/mol. The van der Waals surface area contributed by atoms with E-state index in [2.05, 4.69) is 30.1 Å². The maximum atomic E-state index is 4.62. The highest BCUT2D eigenvalue weighted by atomic mass is 32.1. The van der Waals surface area contributed by atoms with Crippen molar-refractivity contribution >= 4 is 21.6 Å². The summed E-state index contributed by atoms with van der Waals surface area (Å²) >= 11 is 1.72. The van der Waals surface area contributed by atoms with Gasteiger partial charge in [-0.15, -0.1) is 11.3 Å². The summed E-state index contributed by atoms with van der Waals surface area (Å²) in [7, 11) is 0. The van der Waals surface area contributed by atoms with Crippen LogP contribution >= 0.6 is 11.3 Å². The molecule has 1 aromatic heterocycles. The van der Waals surface area contributed by atoms with Gasteiger partial charge in [0.25, 0.3) is 0 Å². The third-order valence-electron chi connectivity index (χ3n) is 2.47. The number of nitrogens with zero attached hydrogens (tertiary/aromatic N) is 1. The molecule has 0 aliphatic heterocycles. The lowest BCUT2D eigenvalue weighted by molar-refractivity contribution is 1.47. The molecule has 2 aromatic carbocycles. The number of benzene rings is 2. The summed E-state index contributed by atoms with van der Waals surface area (Å²) in [4.78, 5) is 4.62. The molecule has 3 aromatic rings. The summed E-state index contributed by atoms with van der Waals surface area (Å²) in [5, 5.41) is 1.07. The number of fused-ring (bicyclic) bond motifs is 1. The summed E-state index contributed by atoms with van der Waals surface area (Å²) in [6.45, 7) is 3.92. The van der Waals surface area contributed by atoms with Crippen LogP contribution in [-0.2, 0) is 0 Å². The van der Waals surface area contributed by atoms with Crippen LogP contribution in [0.2, 0.25) is 0 Å². The van der Waals surface area contributed by atoms with Crippen LogP contribution in [0.5, 0.6) is 0 Å². The fraction of sp³-hybridized carbons (Fsp3) is 0. The summed E-state index contributed by atoms with van der Waals surface area (Å²) in [5.41, 5.74) is 3.23. The minimum absolute atomic E-state index is 1.01. The van der Waals surface area contributed by atoms with Gasteiger partial charge in [-0.3, -0.25) is 0 Å². The van der Waals surface area contributed by atoms with Gasteiger partial charge in [0.2, 0.25) is 0 Å². The number of aromatic nitrogens is 1. The minimum atomic E-state index is 1.01. The van der Waals surface area contributed by atoms with Gasteiger partial charge in [-0.25, -0.2) is 4.98 Å². The Kier molecular flexibility index (Phi) is 2.22. The Bertz CT molecular complexity index is 626. The Hall–Kier alpha value is -1.67. The molecule has 0 N–H and O–H groups in total. The van der Waals surface area contributed by atoms with Gasteiger partial charge in [0.1, 0.15) is 5.01 Å². The zero-order valence-electron chi connectivity index (χ0n) is 8.68. The van der Waals surface area contributed by atoms with E-state index in [-0.39, 0.29) is 0 Å². The van der Waals surface area contributed by atoms with Crippen molar-refractivity contribution in [2.75, 3.05) is 0 Å². The van der Waals surface area contributed by atoms with E-state index in [9.17, 15) is 0 Å². The standard InChI is InChI=1S/C14H10NS/c1-10-7-8-13-12(9-10)15-14(16-13)11-5-3-2-4-6-11/h2-9H,1H2. The molecule has 0 saturated carbocycles. The van der Waals surface area contributed by atoms with E-state index >= 15 is 0 Å². The molecule has 1 heterocycles. The lowest BCUT2D eigenvalue weighted by Crippen LogP contribution is -1.74. The predicted molar refractivity (Wildman–Crippen MR) is 69.5 cm³/mol. The highest BCUT2D eigenvalue weighted by Crippen LogP contribution is 2.30. The molecule has 1 nitrogen and oxygen atoms in total. The first kappa shape index (κ1) is 9.55. The molecule has 2 heteroatoms. The van der Waals surface area contributed by atoms with Gasteiger partial charge >= 0.3 is 0 Å². The minimum Gasteiger partial charge on any atom is -0.236 e. The SMILES string of the molecule is [CH2]c1ccc2sc(-c3ccccc3)nc2c1. The van der Waals surface area contributed by atoms with Crippen LogP contribution in [0.1, 0.15) is 5.56 Å². The van der Waals surface area contributed by atoms with Crippen LogP contribution in [0, 0.1) is 6.92 Å². The molecule has 0 aliphatic rings. The molecule has 0 spiro atoms. The number of hydrogen-bond acceptors (Lipinski definition) is 2. The first-order valence-electron chi connectivity index (χ1n) is 5.11. The van der Waals surface area contributed by atoms with Gasteiger partial charge in [-0.1, -0.05) is 36.4 Å². The quantitative estimate of drug-likeness (QED) is 0.605. The van der Waals surface area contributed by atoms with Crippen LogP contribution in [0.4, 0.5) is 0 Å². The lowest BCUT2D eigenvalue weighted by atomic mass is 10.2. The molecule has 0 bridgehead atoms. The highest BCUT2D eigenvalue weighted by Gasteiger charge is 2.05. The van der Waals surface area contributed by atoms with E-state index in [4.69, 9.17) is 0 Å². The van der Waals surface area contributed by atoms with Crippen molar-refractivity contribution < 1.29 is 0 Å². The van der Waals surface area contributed by atoms with E-state index in [0.717, 1.165) is 16.1 Å². The molecular weight excluding hydrogens is 214 g/mol. The summed E-state index contributed by atoms with van der Waals surface area (Å²) in [6.07, 6.45) is 0. The Morgan fingerprint density at radius 1 is 1.00 bits per heavy atom. The lowest BCUT2D eigenvalue weighted by Gasteiger charge is -1.92. The second-order valence-electron chi connectivity index (χ2n) is 3.69. The zero-order valence-corrected chi connectivity index (χ0v) is 9.50. The van der Waals surface area contributed by atoms with Crippen LogP contribution < -0.4 is 0 Å². The summed E-state index contributed by atoms with van der Waals surface area (Å²) in [5.74, 6) is 0. The van der Waals surface area contributed by atoms with Gasteiger partial charge in [0, 0.05) is 5.56 Å². The van der Waals surface area contributed by atoms with Gasteiger partial charge in [-0.2, -0.15) is 0 Å². The van der Waals surface area contributed by atoms with E-state index in [0.29, 0.717) is 0 Å². The summed E-state index contributed by atoms with van der Waals surface area (Å²) < 4.78 is 1.21. The summed E-state index contributed by atoms with van der Waals surface area (Å²) in [6, 6.07) is 16.4. The van der Waals surface area contributed by atoms with E-state index < -0.39 is 0 Å². The third kappa shape index (κ3) is 1.61. The Labute approximate surface area is 98.4 Å². The van der Waals surface area contributed by atoms with Crippen LogP contribution in [-0.4, -0.2) is 4.98 Å². The van der Waals surface area contributed by atoms with Gasteiger partial charge in [0.05, 0.1) is 10.2 Å². The van der Waals surface area contributed by atoms with E-state index in [1.165, 1.54) is 10.3 Å². The number of rotatable bonds is 1. The van der Waals surface area contributed by atoms with Crippen LogP contribution in [0.3, 0.4) is 0 Å². The van der Waals surface area contributed by atoms with Gasteiger partial charge in [0.15, 0.2) is 0 Å². The van der Waals surface area contributed by atoms with E-state index in [1.54, 1.807) is 11.3 Å². The Morgan fingerprint density at radius 2 is 1.81 bits per heavy atom. The van der Waals surface area contributed by atoms with Crippen molar-refractivity contribution in [1.82, 2.24) is 4.98 Å². The maximum absolute atomic E-state index is 4.62. The zero-order chi connectivity index (χ0) is 11.0. The first-order valence-corrected chi connectivity index (χ1v) is 5.92. The van der Waals surface area contributed by atoms with Crippen LogP contribution in [0.15, 0.2) is 48.5 Å². The second-order valence-corrected chi connectivity index (χ2v) is 4.72. The predicted octanol–water partition coefficient (Wildman–Crippen LogP) is 4.15. The van der Waals surface area contributed by atoms with Crippen molar-refractivity contribution in [2.45, 2.75) is 0 Å². The molecule has 0 amide bonds. The van der Waals surface area contributed by atoms with Crippen molar-refractivity contribution in [1.29, 1.82) is 0 Å². The average Bonchev–Trinajstić information content (AvgIpc) is 2.73. The molecular formula is C14H10NS. The molecule has 0 atom stereocenters. The normalized spacial score (nSPS) is 10.8. The van der Waals surface area contributed by atoms with Crippen LogP contribution in [0.25, 0.3) is 20.8 Å². The van der Waals surface area contributed by atoms with Crippen molar-refractivity contribution in [3.05, 3.63) is 61.0 Å². The fourth-order valence-electron chi connectivity index (χ4n) is 1.68. The largest absolute Gasteiger partial charge is 0.236 e. The van der Waals surface area contributed by atoms with E-state index in [1.807, 2.05) is 30.3 Å². The molecule has 1 radical (unpaired) electrons. The smallest absolute Gasteiger partial charge is 0.124 e.